The van der Waals surface area contributed by atoms with Crippen LogP contribution in [-0.4, -0.2) is 29.4 Å². The van der Waals surface area contributed by atoms with Crippen molar-refractivity contribution in [2.75, 3.05) is 13.6 Å². The van der Waals surface area contributed by atoms with Crippen LogP contribution < -0.4 is 0 Å². The van der Waals surface area contributed by atoms with E-state index < -0.39 is 0 Å². The second kappa shape index (κ2) is 4.54. The minimum atomic E-state index is -0.0754. The molecular weight excluding hydrogens is 214 g/mol. The van der Waals surface area contributed by atoms with Crippen molar-refractivity contribution in [2.24, 2.45) is 11.8 Å². The van der Waals surface area contributed by atoms with Gasteiger partial charge in [-0.25, -0.2) is 4.98 Å². The first kappa shape index (κ1) is 11.6. The summed E-state index contributed by atoms with van der Waals surface area (Å²) in [6, 6.07) is 5.21. The predicted octanol–water partition coefficient (Wildman–Crippen LogP) is 1.68. The molecule has 0 aliphatic heterocycles. The fraction of sp³-hybridized carbons (Fsp3) is 0.462. The minimum absolute atomic E-state index is 0.0754. The number of carbonyl (C=O) groups excluding carboxylic acids is 1. The Balaban J connectivity index is 2.00. The standard InChI is InChI=1S/C13H15N3O/c1-9-5-11(9)8-16(2)13(17)12-4-3-10(6-14)7-15-12/h3-4,7,9,11H,5,8H2,1-2H3. The molecule has 0 aromatic carbocycles. The number of aromatic nitrogens is 1. The zero-order valence-electron chi connectivity index (χ0n) is 10.1. The van der Waals surface area contributed by atoms with Crippen molar-refractivity contribution in [1.29, 1.82) is 5.26 Å². The first-order valence-electron chi connectivity index (χ1n) is 5.73. The Hall–Kier alpha value is -1.89. The molecule has 1 fully saturated rings. The topological polar surface area (TPSA) is 57.0 Å². The van der Waals surface area contributed by atoms with Crippen molar-refractivity contribution >= 4 is 5.91 Å². The van der Waals surface area contributed by atoms with Crippen LogP contribution in [0.25, 0.3) is 0 Å². The fourth-order valence-corrected chi connectivity index (χ4v) is 1.87. The summed E-state index contributed by atoms with van der Waals surface area (Å²) >= 11 is 0. The van der Waals surface area contributed by atoms with Crippen LogP contribution in [0.4, 0.5) is 0 Å². The fourth-order valence-electron chi connectivity index (χ4n) is 1.87. The molecule has 1 aromatic rings. The molecule has 0 N–H and O–H groups in total. The molecule has 1 aromatic heterocycles. The number of hydrogen-bond acceptors (Lipinski definition) is 3. The molecule has 2 rings (SSSR count). The molecule has 4 nitrogen and oxygen atoms in total. The number of nitriles is 1. The smallest absolute Gasteiger partial charge is 0.272 e. The van der Waals surface area contributed by atoms with Crippen LogP contribution in [-0.2, 0) is 0 Å². The highest BCUT2D eigenvalue weighted by molar-refractivity contribution is 5.92. The minimum Gasteiger partial charge on any atom is -0.340 e. The lowest BCUT2D eigenvalue weighted by Gasteiger charge is -2.16. The number of nitrogens with zero attached hydrogens (tertiary/aromatic N) is 3. The SMILES string of the molecule is CC1CC1CN(C)C(=O)c1ccc(C#N)cn1. The number of amides is 1. The van der Waals surface area contributed by atoms with Crippen LogP contribution in [0.5, 0.6) is 0 Å². The molecule has 0 bridgehead atoms. The Morgan fingerprint density at radius 2 is 2.35 bits per heavy atom. The largest absolute Gasteiger partial charge is 0.340 e. The third-order valence-corrected chi connectivity index (χ3v) is 3.24. The van der Waals surface area contributed by atoms with Crippen molar-refractivity contribution < 1.29 is 4.79 Å². The second-order valence-corrected chi connectivity index (χ2v) is 4.70. The third-order valence-electron chi connectivity index (χ3n) is 3.24. The van der Waals surface area contributed by atoms with E-state index in [-0.39, 0.29) is 5.91 Å². The highest BCUT2D eigenvalue weighted by atomic mass is 16.2. The quantitative estimate of drug-likeness (QED) is 0.792. The first-order chi connectivity index (χ1) is 8.11. The Morgan fingerprint density at radius 1 is 1.65 bits per heavy atom. The molecule has 88 valence electrons. The lowest BCUT2D eigenvalue weighted by atomic mass is 10.2. The molecule has 1 heterocycles. The summed E-state index contributed by atoms with van der Waals surface area (Å²) in [6.45, 7) is 2.99. The zero-order chi connectivity index (χ0) is 12.4. The van der Waals surface area contributed by atoms with Crippen molar-refractivity contribution in [3.05, 3.63) is 29.6 Å². The third kappa shape index (κ3) is 2.62. The van der Waals surface area contributed by atoms with Gasteiger partial charge in [0.25, 0.3) is 5.91 Å². The van der Waals surface area contributed by atoms with Crippen LogP contribution in [0.15, 0.2) is 18.3 Å². The van der Waals surface area contributed by atoms with Gasteiger partial charge in [0.2, 0.25) is 0 Å². The molecular formula is C13H15N3O. The van der Waals surface area contributed by atoms with E-state index in [4.69, 9.17) is 5.26 Å². The van der Waals surface area contributed by atoms with Crippen LogP contribution in [0.2, 0.25) is 0 Å². The second-order valence-electron chi connectivity index (χ2n) is 4.70. The maximum absolute atomic E-state index is 12.0. The summed E-state index contributed by atoms with van der Waals surface area (Å²) in [5.41, 5.74) is 0.875. The van der Waals surface area contributed by atoms with Gasteiger partial charge in [-0.2, -0.15) is 5.26 Å². The van der Waals surface area contributed by atoms with Crippen molar-refractivity contribution in [3.8, 4) is 6.07 Å². The van der Waals surface area contributed by atoms with Gasteiger partial charge in [-0.3, -0.25) is 4.79 Å². The number of rotatable bonds is 3. The lowest BCUT2D eigenvalue weighted by Crippen LogP contribution is -2.29. The van der Waals surface area contributed by atoms with E-state index >= 15 is 0 Å². The molecule has 0 radical (unpaired) electrons. The molecule has 0 saturated heterocycles. The Morgan fingerprint density at radius 3 is 2.82 bits per heavy atom. The molecule has 2 atom stereocenters. The summed E-state index contributed by atoms with van der Waals surface area (Å²) in [5, 5.41) is 8.65. The van der Waals surface area contributed by atoms with E-state index in [9.17, 15) is 4.79 Å². The van der Waals surface area contributed by atoms with Crippen molar-refractivity contribution in [2.45, 2.75) is 13.3 Å². The maximum Gasteiger partial charge on any atom is 0.272 e. The van der Waals surface area contributed by atoms with Crippen LogP contribution in [0.3, 0.4) is 0 Å². The van der Waals surface area contributed by atoms with Gasteiger partial charge in [0.05, 0.1) is 5.56 Å². The molecule has 1 aliphatic rings. The molecule has 1 amide bonds. The van der Waals surface area contributed by atoms with E-state index in [0.29, 0.717) is 17.2 Å². The van der Waals surface area contributed by atoms with Crippen LogP contribution >= 0.6 is 0 Å². The number of carbonyl (C=O) groups is 1. The monoisotopic (exact) mass is 229 g/mol. The molecule has 0 spiro atoms. The van der Waals surface area contributed by atoms with Crippen molar-refractivity contribution in [3.63, 3.8) is 0 Å². The Labute approximate surface area is 101 Å². The van der Waals surface area contributed by atoms with Gasteiger partial charge < -0.3 is 4.90 Å². The van der Waals surface area contributed by atoms with E-state index in [0.717, 1.165) is 12.5 Å². The summed E-state index contributed by atoms with van der Waals surface area (Å²) in [6.07, 6.45) is 2.64. The summed E-state index contributed by atoms with van der Waals surface area (Å²) in [7, 11) is 1.80. The van der Waals surface area contributed by atoms with Crippen LogP contribution in [0, 0.1) is 23.2 Å². The lowest BCUT2D eigenvalue weighted by molar-refractivity contribution is 0.0781. The summed E-state index contributed by atoms with van der Waals surface area (Å²) < 4.78 is 0. The maximum atomic E-state index is 12.0. The van der Waals surface area contributed by atoms with Crippen LogP contribution in [0.1, 0.15) is 29.4 Å². The molecule has 17 heavy (non-hydrogen) atoms. The average Bonchev–Trinajstić information content (AvgIpc) is 3.04. The molecule has 4 heteroatoms. The van der Waals surface area contributed by atoms with Gasteiger partial charge >= 0.3 is 0 Å². The van der Waals surface area contributed by atoms with Gasteiger partial charge in [0.15, 0.2) is 0 Å². The van der Waals surface area contributed by atoms with Crippen molar-refractivity contribution in [1.82, 2.24) is 9.88 Å². The number of hydrogen-bond donors (Lipinski definition) is 0. The highest BCUT2D eigenvalue weighted by Crippen LogP contribution is 2.38. The molecule has 1 saturated carbocycles. The summed E-state index contributed by atoms with van der Waals surface area (Å²) in [4.78, 5) is 17.7. The normalized spacial score (nSPS) is 21.7. The van der Waals surface area contributed by atoms with Gasteiger partial charge in [-0.1, -0.05) is 6.92 Å². The van der Waals surface area contributed by atoms with E-state index in [1.165, 1.54) is 12.6 Å². The first-order valence-corrected chi connectivity index (χ1v) is 5.73. The van der Waals surface area contributed by atoms with Gasteiger partial charge in [0.1, 0.15) is 11.8 Å². The highest BCUT2D eigenvalue weighted by Gasteiger charge is 2.34. The van der Waals surface area contributed by atoms with Gasteiger partial charge in [0, 0.05) is 19.8 Å². The Bertz CT molecular complexity index is 461. The average molecular weight is 229 g/mol. The van der Waals surface area contributed by atoms with E-state index in [1.54, 1.807) is 24.1 Å². The van der Waals surface area contributed by atoms with E-state index in [1.807, 2.05) is 6.07 Å². The van der Waals surface area contributed by atoms with Gasteiger partial charge in [-0.05, 0) is 30.4 Å². The zero-order valence-corrected chi connectivity index (χ0v) is 10.1. The predicted molar refractivity (Wildman–Crippen MR) is 63.2 cm³/mol. The molecule has 1 aliphatic carbocycles. The Kier molecular flexibility index (Phi) is 3.10. The number of pyridine rings is 1. The van der Waals surface area contributed by atoms with Gasteiger partial charge in [-0.15, -0.1) is 0 Å². The summed E-state index contributed by atoms with van der Waals surface area (Å²) in [5.74, 6) is 1.30. The molecule has 2 unspecified atom stereocenters. The van der Waals surface area contributed by atoms with E-state index in [2.05, 4.69) is 11.9 Å².